The molecular weight excluding hydrogens is 256 g/mol. The van der Waals surface area contributed by atoms with E-state index in [1.807, 2.05) is 0 Å². The summed E-state index contributed by atoms with van der Waals surface area (Å²) in [5.74, 6) is -0.000858. The lowest BCUT2D eigenvalue weighted by atomic mass is 9.96. The number of piperazine rings is 1. The van der Waals surface area contributed by atoms with Gasteiger partial charge in [-0.15, -0.1) is 0 Å². The summed E-state index contributed by atoms with van der Waals surface area (Å²) in [6.45, 7) is 4.62. The first-order chi connectivity index (χ1) is 9.32. The van der Waals surface area contributed by atoms with Gasteiger partial charge in [0.15, 0.2) is 0 Å². The lowest BCUT2D eigenvalue weighted by molar-refractivity contribution is -0.156. The number of rotatable bonds is 2. The molecule has 2 amide bonds. The molecule has 0 unspecified atom stereocenters. The quantitative estimate of drug-likeness (QED) is 0.877. The van der Waals surface area contributed by atoms with Gasteiger partial charge in [0.2, 0.25) is 11.8 Å². The van der Waals surface area contributed by atoms with Gasteiger partial charge in [-0.05, 0) is 31.5 Å². The molecule has 1 aromatic carbocycles. The first-order valence-corrected chi connectivity index (χ1v) is 6.66. The van der Waals surface area contributed by atoms with Gasteiger partial charge in [-0.2, -0.15) is 0 Å². The number of carbonyl (C=O) groups is 2. The van der Waals surface area contributed by atoms with Gasteiger partial charge in [-0.3, -0.25) is 9.59 Å². The number of nitrogens with zero attached hydrogens (tertiary/aromatic N) is 2. The Morgan fingerprint density at radius 3 is 2.70 bits per heavy atom. The molecule has 1 heterocycles. The summed E-state index contributed by atoms with van der Waals surface area (Å²) in [5.41, 5.74) is -0.0712. The molecule has 1 aliphatic rings. The molecule has 0 radical (unpaired) electrons. The summed E-state index contributed by atoms with van der Waals surface area (Å²) in [5, 5.41) is 9.43. The Morgan fingerprint density at radius 2 is 2.05 bits per heavy atom. The maximum atomic E-state index is 12.4. The van der Waals surface area contributed by atoms with Crippen LogP contribution < -0.4 is 0 Å². The molecule has 20 heavy (non-hydrogen) atoms. The maximum Gasteiger partial charge on any atom is 0.247 e. The van der Waals surface area contributed by atoms with E-state index in [0.717, 1.165) is 5.56 Å². The van der Waals surface area contributed by atoms with E-state index in [1.54, 1.807) is 55.0 Å². The van der Waals surface area contributed by atoms with E-state index in [1.165, 1.54) is 0 Å². The minimum absolute atomic E-state index is 0.0481. The normalized spacial score (nSPS) is 18.2. The summed E-state index contributed by atoms with van der Waals surface area (Å²) in [4.78, 5) is 27.9. The maximum absolute atomic E-state index is 12.4. The van der Waals surface area contributed by atoms with E-state index in [-0.39, 0.29) is 24.0 Å². The molecule has 108 valence electrons. The SMILES string of the molecule is CN1CCN(C(=O)Cc2cccc(O)c2)C(C)(C)C1=O. The zero-order valence-corrected chi connectivity index (χ0v) is 12.1. The smallest absolute Gasteiger partial charge is 0.247 e. The van der Waals surface area contributed by atoms with Crippen LogP contribution in [-0.2, 0) is 16.0 Å². The van der Waals surface area contributed by atoms with Gasteiger partial charge < -0.3 is 14.9 Å². The lowest BCUT2D eigenvalue weighted by Gasteiger charge is -2.44. The summed E-state index contributed by atoms with van der Waals surface area (Å²) in [6.07, 6.45) is 0.189. The molecule has 1 aliphatic heterocycles. The summed E-state index contributed by atoms with van der Waals surface area (Å²) >= 11 is 0. The van der Waals surface area contributed by atoms with Crippen molar-refractivity contribution in [1.82, 2.24) is 9.80 Å². The monoisotopic (exact) mass is 276 g/mol. The van der Waals surface area contributed by atoms with Gasteiger partial charge in [0.05, 0.1) is 6.42 Å². The van der Waals surface area contributed by atoms with Crippen molar-refractivity contribution in [2.75, 3.05) is 20.1 Å². The second-order valence-electron chi connectivity index (χ2n) is 5.68. The Labute approximate surface area is 118 Å². The summed E-state index contributed by atoms with van der Waals surface area (Å²) in [7, 11) is 1.75. The van der Waals surface area contributed by atoms with Crippen LogP contribution in [0.15, 0.2) is 24.3 Å². The van der Waals surface area contributed by atoms with Crippen molar-refractivity contribution in [3.63, 3.8) is 0 Å². The van der Waals surface area contributed by atoms with Crippen molar-refractivity contribution < 1.29 is 14.7 Å². The Morgan fingerprint density at radius 1 is 1.35 bits per heavy atom. The standard InChI is InChI=1S/C15H20N2O3/c1-15(2)14(20)16(3)7-8-17(15)13(19)10-11-5-4-6-12(18)9-11/h4-6,9,18H,7-8,10H2,1-3H3. The van der Waals surface area contributed by atoms with Crippen LogP contribution in [0.5, 0.6) is 5.75 Å². The Balaban J connectivity index is 2.15. The molecule has 1 N–H and O–H groups in total. The zero-order valence-electron chi connectivity index (χ0n) is 12.1. The third-order valence-electron chi connectivity index (χ3n) is 3.77. The number of hydrogen-bond donors (Lipinski definition) is 1. The van der Waals surface area contributed by atoms with Crippen LogP contribution in [-0.4, -0.2) is 52.4 Å². The first kappa shape index (κ1) is 14.4. The number of likely N-dealkylation sites (N-methyl/N-ethyl adjacent to an activating group) is 1. The molecule has 0 aromatic heterocycles. The Hall–Kier alpha value is -2.04. The predicted octanol–water partition coefficient (Wildman–Crippen LogP) is 1.01. The summed E-state index contributed by atoms with van der Waals surface area (Å²) < 4.78 is 0. The minimum Gasteiger partial charge on any atom is -0.508 e. The Bertz CT molecular complexity index is 540. The van der Waals surface area contributed by atoms with E-state index in [4.69, 9.17) is 0 Å². The van der Waals surface area contributed by atoms with E-state index < -0.39 is 5.54 Å². The molecule has 0 bridgehead atoms. The zero-order chi connectivity index (χ0) is 14.9. The van der Waals surface area contributed by atoms with Crippen LogP contribution in [0.1, 0.15) is 19.4 Å². The van der Waals surface area contributed by atoms with E-state index in [9.17, 15) is 14.7 Å². The average Bonchev–Trinajstić information content (AvgIpc) is 2.36. The molecule has 2 rings (SSSR count). The van der Waals surface area contributed by atoms with Crippen LogP contribution in [0.3, 0.4) is 0 Å². The van der Waals surface area contributed by atoms with Gasteiger partial charge in [0, 0.05) is 20.1 Å². The number of benzene rings is 1. The molecule has 1 saturated heterocycles. The van der Waals surface area contributed by atoms with Crippen LogP contribution in [0.4, 0.5) is 0 Å². The predicted molar refractivity (Wildman–Crippen MR) is 75.2 cm³/mol. The number of amides is 2. The molecule has 1 fully saturated rings. The third kappa shape index (κ3) is 2.61. The number of phenols is 1. The second-order valence-corrected chi connectivity index (χ2v) is 5.68. The highest BCUT2D eigenvalue weighted by molar-refractivity contribution is 5.92. The Kier molecular flexibility index (Phi) is 3.70. The first-order valence-electron chi connectivity index (χ1n) is 6.66. The number of carbonyl (C=O) groups excluding carboxylic acids is 2. The fourth-order valence-corrected chi connectivity index (χ4v) is 2.59. The van der Waals surface area contributed by atoms with Crippen LogP contribution in [0.25, 0.3) is 0 Å². The van der Waals surface area contributed by atoms with Crippen LogP contribution in [0, 0.1) is 0 Å². The van der Waals surface area contributed by atoms with E-state index in [0.29, 0.717) is 13.1 Å². The van der Waals surface area contributed by atoms with Gasteiger partial charge in [0.1, 0.15) is 11.3 Å². The molecule has 1 aromatic rings. The molecular formula is C15H20N2O3. The average molecular weight is 276 g/mol. The lowest BCUT2D eigenvalue weighted by Crippen LogP contribution is -2.63. The molecule has 0 aliphatic carbocycles. The van der Waals surface area contributed by atoms with Crippen molar-refractivity contribution in [1.29, 1.82) is 0 Å². The number of phenolic OH excluding ortho intramolecular Hbond substituents is 1. The highest BCUT2D eigenvalue weighted by Crippen LogP contribution is 2.23. The van der Waals surface area contributed by atoms with Crippen molar-refractivity contribution in [2.24, 2.45) is 0 Å². The van der Waals surface area contributed by atoms with Gasteiger partial charge in [-0.1, -0.05) is 12.1 Å². The van der Waals surface area contributed by atoms with Crippen LogP contribution in [0.2, 0.25) is 0 Å². The number of aromatic hydroxyl groups is 1. The van der Waals surface area contributed by atoms with Crippen LogP contribution >= 0.6 is 0 Å². The molecule has 5 heteroatoms. The highest BCUT2D eigenvalue weighted by atomic mass is 16.3. The second kappa shape index (κ2) is 5.15. The molecule has 5 nitrogen and oxygen atoms in total. The largest absolute Gasteiger partial charge is 0.508 e. The molecule has 0 atom stereocenters. The van der Waals surface area contributed by atoms with Crippen molar-refractivity contribution in [3.05, 3.63) is 29.8 Å². The molecule has 0 saturated carbocycles. The summed E-state index contributed by atoms with van der Waals surface area (Å²) in [6, 6.07) is 6.64. The fourth-order valence-electron chi connectivity index (χ4n) is 2.59. The van der Waals surface area contributed by atoms with Crippen molar-refractivity contribution >= 4 is 11.8 Å². The van der Waals surface area contributed by atoms with E-state index >= 15 is 0 Å². The molecule has 0 spiro atoms. The van der Waals surface area contributed by atoms with Crippen molar-refractivity contribution in [2.45, 2.75) is 25.8 Å². The fraction of sp³-hybridized carbons (Fsp3) is 0.467. The third-order valence-corrected chi connectivity index (χ3v) is 3.77. The minimum atomic E-state index is -0.819. The highest BCUT2D eigenvalue weighted by Gasteiger charge is 2.42. The van der Waals surface area contributed by atoms with Gasteiger partial charge in [0.25, 0.3) is 0 Å². The number of hydrogen-bond acceptors (Lipinski definition) is 3. The van der Waals surface area contributed by atoms with E-state index in [2.05, 4.69) is 0 Å². The van der Waals surface area contributed by atoms with Gasteiger partial charge in [-0.25, -0.2) is 0 Å². The topological polar surface area (TPSA) is 60.9 Å². The van der Waals surface area contributed by atoms with Crippen molar-refractivity contribution in [3.8, 4) is 5.75 Å². The van der Waals surface area contributed by atoms with Gasteiger partial charge >= 0.3 is 0 Å².